The topological polar surface area (TPSA) is 44.8 Å². The summed E-state index contributed by atoms with van der Waals surface area (Å²) in [4.78, 5) is 22.7. The average Bonchev–Trinajstić information content (AvgIpc) is 2.94. The highest BCUT2D eigenvalue weighted by molar-refractivity contribution is 5.73. The van der Waals surface area contributed by atoms with Crippen LogP contribution in [0.25, 0.3) is 0 Å². The van der Waals surface area contributed by atoms with Crippen LogP contribution in [0.2, 0.25) is 0 Å². The van der Waals surface area contributed by atoms with E-state index in [1.54, 1.807) is 0 Å². The molecule has 0 amide bonds. The maximum absolute atomic E-state index is 11.6. The van der Waals surface area contributed by atoms with Gasteiger partial charge in [-0.1, -0.05) is 75.5 Å². The van der Waals surface area contributed by atoms with Crippen molar-refractivity contribution >= 4 is 5.97 Å². The first-order valence-corrected chi connectivity index (χ1v) is 11.0. The number of carbonyl (C=O) groups excluding carboxylic acids is 1. The maximum Gasteiger partial charge on any atom is 0.309 e. The van der Waals surface area contributed by atoms with Crippen molar-refractivity contribution in [3.63, 3.8) is 0 Å². The Kier molecular flexibility index (Phi) is 9.46. The number of carbonyl (C=O) groups is 1. The molecule has 28 heavy (non-hydrogen) atoms. The molecule has 2 rings (SSSR count). The van der Waals surface area contributed by atoms with E-state index in [-0.39, 0.29) is 17.7 Å². The van der Waals surface area contributed by atoms with Crippen LogP contribution in [0.1, 0.15) is 91.4 Å². The van der Waals surface area contributed by atoms with Crippen molar-refractivity contribution in [1.82, 2.24) is 0 Å². The smallest absolute Gasteiger partial charge is 0.309 e. The number of hydrogen-bond donors (Lipinski definition) is 0. The van der Waals surface area contributed by atoms with Crippen LogP contribution >= 0.6 is 0 Å². The van der Waals surface area contributed by atoms with Gasteiger partial charge in [-0.25, -0.2) is 9.78 Å². The molecule has 0 aromatic rings. The van der Waals surface area contributed by atoms with Gasteiger partial charge < -0.3 is 4.74 Å². The number of ether oxygens (including phenoxy) is 1. The predicted molar refractivity (Wildman–Crippen MR) is 113 cm³/mol. The second-order valence-corrected chi connectivity index (χ2v) is 8.60. The Morgan fingerprint density at radius 3 is 2.39 bits per heavy atom. The summed E-state index contributed by atoms with van der Waals surface area (Å²) in [5.74, 6) is -0.181. The number of rotatable bonds is 12. The zero-order valence-corrected chi connectivity index (χ0v) is 18.0. The van der Waals surface area contributed by atoms with E-state index in [1.165, 1.54) is 32.1 Å². The van der Waals surface area contributed by atoms with Gasteiger partial charge in [-0.3, -0.25) is 4.79 Å². The van der Waals surface area contributed by atoms with Crippen LogP contribution in [0, 0.1) is 0 Å². The van der Waals surface area contributed by atoms with Crippen molar-refractivity contribution in [2.24, 2.45) is 0 Å². The van der Waals surface area contributed by atoms with Crippen molar-refractivity contribution in [3.8, 4) is 0 Å². The molecular formula is C24H38O4. The Labute approximate surface area is 170 Å². The van der Waals surface area contributed by atoms with E-state index in [1.807, 2.05) is 6.92 Å². The Morgan fingerprint density at radius 2 is 1.64 bits per heavy atom. The molecule has 2 aliphatic heterocycles. The number of allylic oxidation sites excluding steroid dienone is 6. The van der Waals surface area contributed by atoms with Gasteiger partial charge in [0.15, 0.2) is 0 Å². The quantitative estimate of drug-likeness (QED) is 0.168. The van der Waals surface area contributed by atoms with Gasteiger partial charge in [-0.05, 0) is 39.5 Å². The Balaban J connectivity index is 1.49. The summed E-state index contributed by atoms with van der Waals surface area (Å²) >= 11 is 0. The minimum absolute atomic E-state index is 0.181. The van der Waals surface area contributed by atoms with E-state index in [9.17, 15) is 4.79 Å². The fourth-order valence-electron chi connectivity index (χ4n) is 4.08. The van der Waals surface area contributed by atoms with Crippen molar-refractivity contribution in [2.75, 3.05) is 0 Å². The third-order valence-corrected chi connectivity index (χ3v) is 5.64. The van der Waals surface area contributed by atoms with Crippen LogP contribution in [0.3, 0.4) is 0 Å². The molecule has 2 fully saturated rings. The Hall–Kier alpha value is -1.39. The third-order valence-electron chi connectivity index (χ3n) is 5.64. The summed E-state index contributed by atoms with van der Waals surface area (Å²) in [6.07, 6.45) is 24.2. The van der Waals surface area contributed by atoms with Gasteiger partial charge in [0, 0.05) is 6.42 Å². The number of esters is 1. The lowest BCUT2D eigenvalue weighted by atomic mass is 9.82. The van der Waals surface area contributed by atoms with Gasteiger partial charge in [0.25, 0.3) is 0 Å². The van der Waals surface area contributed by atoms with Gasteiger partial charge in [-0.2, -0.15) is 0 Å². The molecule has 0 bridgehead atoms. The van der Waals surface area contributed by atoms with Gasteiger partial charge >= 0.3 is 5.97 Å². The van der Waals surface area contributed by atoms with Gasteiger partial charge in [0.2, 0.25) is 0 Å². The molecule has 2 saturated heterocycles. The first-order chi connectivity index (χ1) is 13.5. The van der Waals surface area contributed by atoms with E-state index in [4.69, 9.17) is 14.5 Å². The molecule has 158 valence electrons. The predicted octanol–water partition coefficient (Wildman–Crippen LogP) is 6.37. The van der Waals surface area contributed by atoms with Crippen LogP contribution in [0.4, 0.5) is 0 Å². The van der Waals surface area contributed by atoms with Gasteiger partial charge in [0.05, 0.1) is 6.42 Å². The van der Waals surface area contributed by atoms with E-state index in [2.05, 4.69) is 50.3 Å². The van der Waals surface area contributed by atoms with E-state index in [0.717, 1.165) is 25.7 Å². The summed E-state index contributed by atoms with van der Waals surface area (Å²) in [6.45, 7) is 6.18. The lowest BCUT2D eigenvalue weighted by Crippen LogP contribution is -2.51. The summed E-state index contributed by atoms with van der Waals surface area (Å²) in [5, 5.41) is 0. The molecule has 0 unspecified atom stereocenters. The van der Waals surface area contributed by atoms with Gasteiger partial charge in [-0.15, -0.1) is 0 Å². The minimum Gasteiger partial charge on any atom is -0.456 e. The monoisotopic (exact) mass is 390 g/mol. The van der Waals surface area contributed by atoms with Crippen molar-refractivity contribution < 1.29 is 19.3 Å². The molecule has 0 spiro atoms. The first kappa shape index (κ1) is 22.9. The van der Waals surface area contributed by atoms with Crippen molar-refractivity contribution in [2.45, 2.75) is 109 Å². The molecule has 0 aromatic carbocycles. The molecule has 0 saturated carbocycles. The van der Waals surface area contributed by atoms with Crippen LogP contribution in [-0.4, -0.2) is 23.3 Å². The molecule has 3 atom stereocenters. The molecule has 2 heterocycles. The zero-order valence-electron chi connectivity index (χ0n) is 18.0. The molecular weight excluding hydrogens is 352 g/mol. The van der Waals surface area contributed by atoms with Crippen LogP contribution in [-0.2, 0) is 19.3 Å². The molecule has 0 aromatic heterocycles. The lowest BCUT2D eigenvalue weighted by Gasteiger charge is -2.43. The first-order valence-electron chi connectivity index (χ1n) is 11.0. The number of hydrogen-bond acceptors (Lipinski definition) is 4. The van der Waals surface area contributed by atoms with Crippen LogP contribution in [0.5, 0.6) is 0 Å². The Bertz CT molecular complexity index is 565. The fourth-order valence-corrected chi connectivity index (χ4v) is 4.08. The number of fused-ring (bicyclic) bond motifs is 1. The largest absolute Gasteiger partial charge is 0.456 e. The minimum atomic E-state index is -0.529. The summed E-state index contributed by atoms with van der Waals surface area (Å²) in [5.41, 5.74) is -0.889. The van der Waals surface area contributed by atoms with Crippen molar-refractivity contribution in [3.05, 3.63) is 36.5 Å². The molecule has 0 radical (unpaired) electrons. The molecule has 2 aliphatic rings. The summed E-state index contributed by atoms with van der Waals surface area (Å²) in [7, 11) is 0. The Morgan fingerprint density at radius 1 is 0.964 bits per heavy atom. The molecule has 4 heteroatoms. The molecule has 4 nitrogen and oxygen atoms in total. The van der Waals surface area contributed by atoms with Crippen molar-refractivity contribution in [1.29, 1.82) is 0 Å². The average molecular weight is 391 g/mol. The van der Waals surface area contributed by atoms with Gasteiger partial charge in [0.1, 0.15) is 17.3 Å². The highest BCUT2D eigenvalue weighted by Gasteiger charge is 2.55. The number of unbranched alkanes of at least 4 members (excludes halogenated alkanes) is 6. The highest BCUT2D eigenvalue weighted by atomic mass is 17.2. The highest BCUT2D eigenvalue weighted by Crippen LogP contribution is 2.44. The molecule has 0 aliphatic carbocycles. The van der Waals surface area contributed by atoms with E-state index >= 15 is 0 Å². The fraction of sp³-hybridized carbons (Fsp3) is 0.708. The SMILES string of the molecule is CC/C=C/C=C/C=C/CCCCCCCC[C@]1(C)C[C@]2(C)OC(=O)C[C@@H]2OO1. The molecule has 0 N–H and O–H groups in total. The van der Waals surface area contributed by atoms with E-state index < -0.39 is 5.60 Å². The summed E-state index contributed by atoms with van der Waals surface area (Å²) < 4.78 is 5.52. The summed E-state index contributed by atoms with van der Waals surface area (Å²) in [6, 6.07) is 0. The third kappa shape index (κ3) is 7.56. The maximum atomic E-state index is 11.6. The second kappa shape index (κ2) is 11.6. The van der Waals surface area contributed by atoms with E-state index in [0.29, 0.717) is 12.8 Å². The second-order valence-electron chi connectivity index (χ2n) is 8.60. The lowest BCUT2D eigenvalue weighted by molar-refractivity contribution is -0.428. The van der Waals surface area contributed by atoms with Crippen LogP contribution in [0.15, 0.2) is 36.5 Å². The zero-order chi connectivity index (χ0) is 20.3. The van der Waals surface area contributed by atoms with Crippen LogP contribution < -0.4 is 0 Å². The standard InChI is InChI=1S/C24H38O4/c1-4-5-6-7-8-9-10-11-12-13-14-15-16-17-18-23(2)20-24(3)21(27-28-23)19-22(25)26-24/h5-10,21H,4,11-20H2,1-3H3/b6-5+,8-7+,10-9+/t21-,23+,24-/m0/s1. The normalized spacial score (nSPS) is 30.5.